The summed E-state index contributed by atoms with van der Waals surface area (Å²) < 4.78 is 37.8. The van der Waals surface area contributed by atoms with Crippen LogP contribution in [0.4, 0.5) is 13.2 Å². The summed E-state index contributed by atoms with van der Waals surface area (Å²) >= 11 is 0. The van der Waals surface area contributed by atoms with Crippen LogP contribution in [0, 0.1) is 0 Å². The number of amides is 1. The van der Waals surface area contributed by atoms with Gasteiger partial charge in [0.25, 0.3) is 5.91 Å². The zero-order valence-electron chi connectivity index (χ0n) is 12.3. The Balaban J connectivity index is 2.97. The van der Waals surface area contributed by atoms with Crippen LogP contribution in [0.15, 0.2) is 24.3 Å². The molecule has 0 fully saturated rings. The maximum absolute atomic E-state index is 12.6. The zero-order valence-corrected chi connectivity index (χ0v) is 12.3. The maximum Gasteiger partial charge on any atom is 0.406 e. The summed E-state index contributed by atoms with van der Waals surface area (Å²) in [4.78, 5) is 13.3. The summed E-state index contributed by atoms with van der Waals surface area (Å²) in [6.07, 6.45) is -3.30. The number of alkyl halides is 3. The van der Waals surface area contributed by atoms with Crippen LogP contribution < -0.4 is 5.32 Å². The molecule has 1 rings (SSSR count). The second kappa shape index (κ2) is 8.02. The molecule has 0 spiro atoms. The third kappa shape index (κ3) is 5.75. The number of likely N-dealkylation sites (N-methyl/N-ethyl adjacent to an activating group) is 1. The van der Waals surface area contributed by atoms with E-state index >= 15 is 0 Å². The highest BCUT2D eigenvalue weighted by Gasteiger charge is 2.33. The maximum atomic E-state index is 12.6. The van der Waals surface area contributed by atoms with Crippen molar-refractivity contribution in [3.05, 3.63) is 35.4 Å². The molecule has 0 aromatic heterocycles. The summed E-state index contributed by atoms with van der Waals surface area (Å²) in [6.45, 7) is 1.31. The van der Waals surface area contributed by atoms with Gasteiger partial charge in [0.2, 0.25) is 0 Å². The number of carbonyl (C=O) groups is 1. The number of halogens is 3. The minimum absolute atomic E-state index is 0.0959. The number of hydrogen-bond acceptors (Lipinski definition) is 2. The molecule has 0 saturated carbocycles. The Hall–Kier alpha value is -1.56. The first-order valence-electron chi connectivity index (χ1n) is 6.97. The Morgan fingerprint density at radius 1 is 1.29 bits per heavy atom. The number of nitrogens with zero attached hydrogens (tertiary/aromatic N) is 1. The summed E-state index contributed by atoms with van der Waals surface area (Å²) in [7, 11) is 1.79. The van der Waals surface area contributed by atoms with Crippen molar-refractivity contribution in [2.24, 2.45) is 0 Å². The van der Waals surface area contributed by atoms with Crippen LogP contribution >= 0.6 is 0 Å². The Bertz CT molecular complexity index is 460. The topological polar surface area (TPSA) is 32.3 Å². The van der Waals surface area contributed by atoms with Crippen LogP contribution in [0.25, 0.3) is 0 Å². The van der Waals surface area contributed by atoms with Gasteiger partial charge in [0.1, 0.15) is 6.54 Å². The number of hydrogen-bond donors (Lipinski definition) is 1. The molecule has 1 aromatic rings. The molecule has 0 aliphatic heterocycles. The van der Waals surface area contributed by atoms with Crippen molar-refractivity contribution >= 4 is 5.91 Å². The molecule has 0 unspecified atom stereocenters. The minimum atomic E-state index is -4.38. The van der Waals surface area contributed by atoms with Crippen molar-refractivity contribution in [3.63, 3.8) is 0 Å². The molecular weight excluding hydrogens is 281 g/mol. The standard InChI is InChI=1S/C15H21F3N2O/c1-3-10-20(11-15(16,17)18)14(21)13-7-5-4-6-12(13)8-9-19-2/h4-7,19H,3,8-11H2,1-2H3. The van der Waals surface area contributed by atoms with Crippen LogP contribution in [-0.4, -0.2) is 43.7 Å². The van der Waals surface area contributed by atoms with Crippen molar-refractivity contribution in [2.45, 2.75) is 25.9 Å². The number of rotatable bonds is 7. The van der Waals surface area contributed by atoms with Gasteiger partial charge in [-0.05, 0) is 38.1 Å². The van der Waals surface area contributed by atoms with E-state index in [9.17, 15) is 18.0 Å². The monoisotopic (exact) mass is 302 g/mol. The fourth-order valence-corrected chi connectivity index (χ4v) is 2.12. The van der Waals surface area contributed by atoms with Crippen LogP contribution in [0.1, 0.15) is 29.3 Å². The molecule has 6 heteroatoms. The first-order valence-corrected chi connectivity index (χ1v) is 6.97. The third-order valence-electron chi connectivity index (χ3n) is 3.04. The zero-order chi connectivity index (χ0) is 15.9. The molecule has 3 nitrogen and oxygen atoms in total. The predicted molar refractivity (Wildman–Crippen MR) is 76.3 cm³/mol. The fraction of sp³-hybridized carbons (Fsp3) is 0.533. The summed E-state index contributed by atoms with van der Waals surface area (Å²) in [6, 6.07) is 6.83. The molecule has 21 heavy (non-hydrogen) atoms. The summed E-state index contributed by atoms with van der Waals surface area (Å²) in [5.41, 5.74) is 1.12. The van der Waals surface area contributed by atoms with E-state index in [2.05, 4.69) is 5.32 Å². The minimum Gasteiger partial charge on any atom is -0.330 e. The fourth-order valence-electron chi connectivity index (χ4n) is 2.12. The average Bonchev–Trinajstić information content (AvgIpc) is 2.43. The van der Waals surface area contributed by atoms with Crippen molar-refractivity contribution in [1.82, 2.24) is 10.2 Å². The van der Waals surface area contributed by atoms with Gasteiger partial charge in [0.15, 0.2) is 0 Å². The van der Waals surface area contributed by atoms with E-state index in [0.717, 1.165) is 10.5 Å². The van der Waals surface area contributed by atoms with Crippen LogP contribution in [0.5, 0.6) is 0 Å². The smallest absolute Gasteiger partial charge is 0.330 e. The number of carbonyl (C=O) groups excluding carboxylic acids is 1. The molecule has 118 valence electrons. The van der Waals surface area contributed by atoms with Gasteiger partial charge in [-0.15, -0.1) is 0 Å². The van der Waals surface area contributed by atoms with E-state index in [1.165, 1.54) is 0 Å². The van der Waals surface area contributed by atoms with E-state index in [0.29, 0.717) is 24.9 Å². The van der Waals surface area contributed by atoms with E-state index < -0.39 is 18.6 Å². The lowest BCUT2D eigenvalue weighted by atomic mass is 10.0. The van der Waals surface area contributed by atoms with Gasteiger partial charge in [0.05, 0.1) is 0 Å². The molecule has 1 amide bonds. The highest BCUT2D eigenvalue weighted by molar-refractivity contribution is 5.95. The van der Waals surface area contributed by atoms with Crippen LogP contribution in [0.3, 0.4) is 0 Å². The second-order valence-corrected chi connectivity index (χ2v) is 4.85. The molecule has 0 bridgehead atoms. The highest BCUT2D eigenvalue weighted by atomic mass is 19.4. The predicted octanol–water partition coefficient (Wildman–Crippen LogP) is 2.86. The van der Waals surface area contributed by atoms with E-state index in [1.807, 2.05) is 0 Å². The summed E-state index contributed by atoms with van der Waals surface area (Å²) in [5.74, 6) is -0.555. The highest BCUT2D eigenvalue weighted by Crippen LogP contribution is 2.20. The van der Waals surface area contributed by atoms with Gasteiger partial charge in [-0.1, -0.05) is 25.1 Å². The van der Waals surface area contributed by atoms with E-state index in [-0.39, 0.29) is 6.54 Å². The van der Waals surface area contributed by atoms with Crippen molar-refractivity contribution < 1.29 is 18.0 Å². The SMILES string of the molecule is CCCN(CC(F)(F)F)C(=O)c1ccccc1CCNC. The molecule has 0 aliphatic rings. The Morgan fingerprint density at radius 2 is 1.95 bits per heavy atom. The Labute approximate surface area is 123 Å². The Kier molecular flexibility index (Phi) is 6.68. The van der Waals surface area contributed by atoms with Crippen molar-refractivity contribution in [1.29, 1.82) is 0 Å². The molecule has 0 aliphatic carbocycles. The first kappa shape index (κ1) is 17.5. The van der Waals surface area contributed by atoms with Crippen LogP contribution in [-0.2, 0) is 6.42 Å². The molecule has 0 heterocycles. The molecule has 0 radical (unpaired) electrons. The van der Waals surface area contributed by atoms with Gasteiger partial charge in [-0.2, -0.15) is 13.2 Å². The molecule has 0 saturated heterocycles. The molecule has 1 aromatic carbocycles. The molecule has 0 atom stereocenters. The van der Waals surface area contributed by atoms with Gasteiger partial charge in [-0.25, -0.2) is 0 Å². The molecular formula is C15H21F3N2O. The first-order chi connectivity index (χ1) is 9.89. The molecule has 1 N–H and O–H groups in total. The lowest BCUT2D eigenvalue weighted by Gasteiger charge is -2.24. The van der Waals surface area contributed by atoms with Gasteiger partial charge < -0.3 is 10.2 Å². The van der Waals surface area contributed by atoms with E-state index in [1.54, 1.807) is 38.2 Å². The summed E-state index contributed by atoms with van der Waals surface area (Å²) in [5, 5.41) is 2.97. The van der Waals surface area contributed by atoms with Crippen molar-refractivity contribution in [2.75, 3.05) is 26.7 Å². The van der Waals surface area contributed by atoms with Crippen molar-refractivity contribution in [3.8, 4) is 0 Å². The number of benzene rings is 1. The average molecular weight is 302 g/mol. The number of nitrogens with one attached hydrogen (secondary N) is 1. The second-order valence-electron chi connectivity index (χ2n) is 4.85. The largest absolute Gasteiger partial charge is 0.406 e. The van der Waals surface area contributed by atoms with Gasteiger partial charge >= 0.3 is 6.18 Å². The lowest BCUT2D eigenvalue weighted by Crippen LogP contribution is -2.39. The van der Waals surface area contributed by atoms with Gasteiger partial charge in [-0.3, -0.25) is 4.79 Å². The quantitative estimate of drug-likeness (QED) is 0.840. The van der Waals surface area contributed by atoms with Crippen LogP contribution in [0.2, 0.25) is 0 Å². The normalized spacial score (nSPS) is 11.5. The lowest BCUT2D eigenvalue weighted by molar-refractivity contribution is -0.140. The van der Waals surface area contributed by atoms with E-state index in [4.69, 9.17) is 0 Å². The van der Waals surface area contributed by atoms with Gasteiger partial charge in [0, 0.05) is 12.1 Å². The third-order valence-corrected chi connectivity index (χ3v) is 3.04. The Morgan fingerprint density at radius 3 is 2.52 bits per heavy atom.